The highest BCUT2D eigenvalue weighted by atomic mass is 32.2. The Morgan fingerprint density at radius 3 is 2.48 bits per heavy atom. The lowest BCUT2D eigenvalue weighted by atomic mass is 9.70. The first kappa shape index (κ1) is 26.8. The van der Waals surface area contributed by atoms with Gasteiger partial charge in [-0.15, -0.1) is 0 Å². The smallest absolute Gasteiger partial charge is 0.220 e. The Bertz CT molecular complexity index is 685. The van der Waals surface area contributed by atoms with Crippen molar-refractivity contribution >= 4 is 23.6 Å². The van der Waals surface area contributed by atoms with Crippen LogP contribution in [-0.2, 0) is 14.3 Å². The number of thioether (sulfide) groups is 1. The third kappa shape index (κ3) is 8.71. The lowest BCUT2D eigenvalue weighted by Gasteiger charge is -2.38. The summed E-state index contributed by atoms with van der Waals surface area (Å²) < 4.78 is 5.60. The molecule has 5 atom stereocenters. The number of hydrogen-bond donors (Lipinski definition) is 4. The number of carbonyl (C=O) groups excluding carboxylic acids is 2. The average Bonchev–Trinajstić information content (AvgIpc) is 3.33. The number of rotatable bonds is 13. The summed E-state index contributed by atoms with van der Waals surface area (Å²) in [5.41, 5.74) is 0.115. The summed E-state index contributed by atoms with van der Waals surface area (Å²) in [6.07, 6.45) is 6.44. The molecule has 0 aromatic carbocycles. The minimum atomic E-state index is -0.0475. The highest BCUT2D eigenvalue weighted by Crippen LogP contribution is 2.45. The number of unbranched alkanes of at least 4 members (excludes halogenated alkanes) is 2. The molecule has 2 amide bonds. The first-order valence-electron chi connectivity index (χ1n) is 12.8. The molecule has 3 aliphatic heterocycles. The number of amides is 2. The van der Waals surface area contributed by atoms with Gasteiger partial charge in [0, 0.05) is 48.5 Å². The molecule has 0 radical (unpaired) electrons. The van der Waals surface area contributed by atoms with Gasteiger partial charge in [0.15, 0.2) is 12.5 Å². The largest absolute Gasteiger partial charge is 0.356 e. The Kier molecular flexibility index (Phi) is 9.14. The van der Waals surface area contributed by atoms with Gasteiger partial charge in [-0.2, -0.15) is 11.8 Å². The highest BCUT2D eigenvalue weighted by molar-refractivity contribution is 8.00. The second-order valence-corrected chi connectivity index (χ2v) is 13.4. The van der Waals surface area contributed by atoms with Crippen LogP contribution in [0.1, 0.15) is 86.5 Å². The van der Waals surface area contributed by atoms with E-state index in [-0.39, 0.29) is 41.1 Å². The number of piperazine rings is 1. The van der Waals surface area contributed by atoms with Crippen LogP contribution >= 0.6 is 11.8 Å². The van der Waals surface area contributed by atoms with Gasteiger partial charge in [0.25, 0.3) is 0 Å². The SMILES string of the molecule is CC(C)NC(=O)CCCCCNC(=O)CC(C)(C)CC(C)(C)CC1SCC2NC3OC3NC21. The summed E-state index contributed by atoms with van der Waals surface area (Å²) in [4.78, 5) is 24.2. The van der Waals surface area contributed by atoms with Crippen molar-refractivity contribution in [3.05, 3.63) is 0 Å². The molecule has 3 fully saturated rings. The van der Waals surface area contributed by atoms with E-state index in [9.17, 15) is 9.59 Å². The Labute approximate surface area is 204 Å². The van der Waals surface area contributed by atoms with Crippen LogP contribution in [0.5, 0.6) is 0 Å². The molecule has 5 unspecified atom stereocenters. The summed E-state index contributed by atoms with van der Waals surface area (Å²) in [6.45, 7) is 13.8. The first-order valence-corrected chi connectivity index (χ1v) is 13.8. The summed E-state index contributed by atoms with van der Waals surface area (Å²) in [7, 11) is 0. The van der Waals surface area contributed by atoms with Crippen molar-refractivity contribution in [2.45, 2.75) is 122 Å². The second kappa shape index (κ2) is 11.3. The summed E-state index contributed by atoms with van der Waals surface area (Å²) in [5.74, 6) is 1.39. The van der Waals surface area contributed by atoms with Gasteiger partial charge >= 0.3 is 0 Å². The average molecular weight is 483 g/mol. The van der Waals surface area contributed by atoms with Crippen LogP contribution in [0, 0.1) is 10.8 Å². The quantitative estimate of drug-likeness (QED) is 0.238. The van der Waals surface area contributed by atoms with E-state index in [0.29, 0.717) is 36.7 Å². The van der Waals surface area contributed by atoms with Gasteiger partial charge in [-0.05, 0) is 50.4 Å². The fourth-order valence-electron chi connectivity index (χ4n) is 5.70. The number of nitrogens with one attached hydrogen (secondary N) is 4. The topological polar surface area (TPSA) is 94.8 Å². The van der Waals surface area contributed by atoms with Crippen LogP contribution in [0.15, 0.2) is 0 Å². The molecule has 3 rings (SSSR count). The third-order valence-electron chi connectivity index (χ3n) is 6.75. The van der Waals surface area contributed by atoms with E-state index in [1.165, 1.54) is 0 Å². The summed E-state index contributed by atoms with van der Waals surface area (Å²) in [6, 6.07) is 1.17. The molecule has 0 aromatic heterocycles. The Balaban J connectivity index is 1.32. The number of ether oxygens (including phenoxy) is 1. The number of hydrogen-bond acceptors (Lipinski definition) is 6. The lowest BCUT2D eigenvalue weighted by molar-refractivity contribution is -0.124. The van der Waals surface area contributed by atoms with Crippen LogP contribution in [0.4, 0.5) is 0 Å². The standard InChI is InChI=1S/C25H46N4O3S/c1-16(2)27-19(30)10-8-7-9-11-26-20(31)13-25(5,6)15-24(3,4)12-18-21-17(14-33-18)28-22-23(29-21)32-22/h16-18,21-23,28-29H,7-15H2,1-6H3,(H,26,31)(H,27,30). The number of epoxide rings is 1. The van der Waals surface area contributed by atoms with Gasteiger partial charge in [-0.1, -0.05) is 34.1 Å². The Hall–Kier alpha value is -0.830. The van der Waals surface area contributed by atoms with Crippen molar-refractivity contribution in [1.29, 1.82) is 0 Å². The summed E-state index contributed by atoms with van der Waals surface area (Å²) >= 11 is 2.07. The van der Waals surface area contributed by atoms with Gasteiger partial charge in [-0.3, -0.25) is 20.2 Å². The van der Waals surface area contributed by atoms with Gasteiger partial charge in [-0.25, -0.2) is 0 Å². The van der Waals surface area contributed by atoms with Crippen molar-refractivity contribution in [3.63, 3.8) is 0 Å². The van der Waals surface area contributed by atoms with Crippen LogP contribution in [0.25, 0.3) is 0 Å². The number of carbonyl (C=O) groups is 2. The van der Waals surface area contributed by atoms with E-state index in [1.54, 1.807) is 0 Å². The molecule has 3 heterocycles. The monoisotopic (exact) mass is 482 g/mol. The fourth-order valence-corrected chi connectivity index (χ4v) is 7.51. The first-order chi connectivity index (χ1) is 15.4. The van der Waals surface area contributed by atoms with E-state index in [4.69, 9.17) is 4.74 Å². The van der Waals surface area contributed by atoms with Crippen molar-refractivity contribution in [3.8, 4) is 0 Å². The second-order valence-electron chi connectivity index (χ2n) is 12.1. The minimum absolute atomic E-state index is 0.0475. The zero-order valence-corrected chi connectivity index (χ0v) is 22.3. The molecule has 0 aliphatic carbocycles. The molecule has 33 heavy (non-hydrogen) atoms. The van der Waals surface area contributed by atoms with Gasteiger partial charge in [0.1, 0.15) is 0 Å². The Morgan fingerprint density at radius 1 is 1.03 bits per heavy atom. The van der Waals surface area contributed by atoms with Crippen LogP contribution in [0.3, 0.4) is 0 Å². The molecular weight excluding hydrogens is 436 g/mol. The highest BCUT2D eigenvalue weighted by Gasteiger charge is 2.53. The Morgan fingerprint density at radius 2 is 1.76 bits per heavy atom. The molecule has 3 saturated heterocycles. The predicted molar refractivity (Wildman–Crippen MR) is 135 cm³/mol. The van der Waals surface area contributed by atoms with E-state index >= 15 is 0 Å². The molecule has 0 aromatic rings. The van der Waals surface area contributed by atoms with Crippen molar-refractivity contribution in [2.75, 3.05) is 12.3 Å². The van der Waals surface area contributed by atoms with Crippen LogP contribution in [-0.4, -0.2) is 59.9 Å². The van der Waals surface area contributed by atoms with Crippen molar-refractivity contribution < 1.29 is 14.3 Å². The van der Waals surface area contributed by atoms with Crippen LogP contribution in [0.2, 0.25) is 0 Å². The third-order valence-corrected chi connectivity index (χ3v) is 8.19. The maximum Gasteiger partial charge on any atom is 0.220 e. The van der Waals surface area contributed by atoms with Crippen molar-refractivity contribution in [2.24, 2.45) is 10.8 Å². The zero-order chi connectivity index (χ0) is 24.2. The lowest BCUT2D eigenvalue weighted by Crippen LogP contribution is -2.57. The molecule has 0 bridgehead atoms. The van der Waals surface area contributed by atoms with E-state index in [1.807, 2.05) is 13.8 Å². The molecule has 0 saturated carbocycles. The molecular formula is C25H46N4O3S. The molecule has 8 heteroatoms. The molecule has 0 spiro atoms. The van der Waals surface area contributed by atoms with E-state index in [2.05, 4.69) is 60.7 Å². The van der Waals surface area contributed by atoms with Gasteiger partial charge < -0.3 is 15.4 Å². The van der Waals surface area contributed by atoms with Crippen molar-refractivity contribution in [1.82, 2.24) is 21.3 Å². The maximum atomic E-state index is 12.6. The van der Waals surface area contributed by atoms with Gasteiger partial charge in [0.2, 0.25) is 11.8 Å². The molecule has 7 nitrogen and oxygen atoms in total. The van der Waals surface area contributed by atoms with Gasteiger partial charge in [0.05, 0.1) is 0 Å². The summed E-state index contributed by atoms with van der Waals surface area (Å²) in [5, 5.41) is 13.9. The van der Waals surface area contributed by atoms with Crippen LogP contribution < -0.4 is 21.3 Å². The van der Waals surface area contributed by atoms with E-state index < -0.39 is 0 Å². The molecule has 190 valence electrons. The normalized spacial score (nSPS) is 28.9. The maximum absolute atomic E-state index is 12.6. The number of fused-ring (bicyclic) bond motifs is 2. The zero-order valence-electron chi connectivity index (χ0n) is 21.5. The van der Waals surface area contributed by atoms with E-state index in [0.717, 1.165) is 37.9 Å². The molecule has 3 aliphatic rings. The fraction of sp³-hybridized carbons (Fsp3) is 0.920. The predicted octanol–water partition coefficient (Wildman–Crippen LogP) is 3.14. The molecule has 4 N–H and O–H groups in total. The minimum Gasteiger partial charge on any atom is -0.356 e.